The molecule has 3 rings (SSSR count). The average Bonchev–Trinajstić information content (AvgIpc) is 2.46. The zero-order valence-electron chi connectivity index (χ0n) is 11.3. The minimum atomic E-state index is 0.767. The smallest absolute Gasteiger partial charge is 0.162 e. The van der Waals surface area contributed by atoms with Crippen molar-refractivity contribution in [2.45, 2.75) is 0 Å². The Hall–Kier alpha value is -1.69. The van der Waals surface area contributed by atoms with Crippen LogP contribution in [0.25, 0.3) is 22.3 Å². The molecule has 0 unspecified atom stereocenters. The Balaban J connectivity index is 2.24. The molecule has 3 aromatic rings. The fraction of sp³-hybridized carbons (Fsp3) is 0.125. The van der Waals surface area contributed by atoms with E-state index in [0.717, 1.165) is 28.1 Å². The molecule has 1 aromatic heterocycles. The Bertz CT molecular complexity index is 751. The van der Waals surface area contributed by atoms with Gasteiger partial charge in [-0.3, -0.25) is 0 Å². The van der Waals surface area contributed by atoms with Crippen LogP contribution < -0.4 is 4.90 Å². The Morgan fingerprint density at radius 1 is 0.900 bits per heavy atom. The molecule has 0 saturated carbocycles. The van der Waals surface area contributed by atoms with Crippen molar-refractivity contribution in [3.63, 3.8) is 0 Å². The number of para-hydroxylation sites is 1. The van der Waals surface area contributed by atoms with Gasteiger partial charge in [0, 0.05) is 28.6 Å². The maximum Gasteiger partial charge on any atom is 0.162 e. The van der Waals surface area contributed by atoms with Crippen molar-refractivity contribution in [1.29, 1.82) is 0 Å². The zero-order chi connectivity index (χ0) is 14.1. The van der Waals surface area contributed by atoms with Crippen molar-refractivity contribution in [3.05, 3.63) is 52.1 Å². The SMILES string of the molecule is CN(C)c1nc(-c2ccc(I)cc2)nc2ccccc12. The Labute approximate surface area is 131 Å². The Morgan fingerprint density at radius 2 is 1.60 bits per heavy atom. The fourth-order valence-electron chi connectivity index (χ4n) is 2.13. The van der Waals surface area contributed by atoms with E-state index in [-0.39, 0.29) is 0 Å². The van der Waals surface area contributed by atoms with Crippen LogP contribution in [0.4, 0.5) is 5.82 Å². The van der Waals surface area contributed by atoms with Crippen molar-refractivity contribution in [1.82, 2.24) is 9.97 Å². The number of hydrogen-bond donors (Lipinski definition) is 0. The van der Waals surface area contributed by atoms with Gasteiger partial charge in [0.2, 0.25) is 0 Å². The number of aromatic nitrogens is 2. The molecular formula is C16H14IN3. The van der Waals surface area contributed by atoms with Crippen molar-refractivity contribution in [3.8, 4) is 11.4 Å². The van der Waals surface area contributed by atoms with E-state index in [4.69, 9.17) is 4.98 Å². The summed E-state index contributed by atoms with van der Waals surface area (Å²) in [5, 5.41) is 1.08. The number of hydrogen-bond acceptors (Lipinski definition) is 3. The summed E-state index contributed by atoms with van der Waals surface area (Å²) in [5.41, 5.74) is 2.01. The number of benzene rings is 2. The van der Waals surface area contributed by atoms with E-state index in [2.05, 4.69) is 57.9 Å². The van der Waals surface area contributed by atoms with E-state index in [1.807, 2.05) is 37.2 Å². The van der Waals surface area contributed by atoms with Crippen LogP contribution >= 0.6 is 22.6 Å². The van der Waals surface area contributed by atoms with E-state index in [1.54, 1.807) is 0 Å². The minimum absolute atomic E-state index is 0.767. The van der Waals surface area contributed by atoms with Gasteiger partial charge < -0.3 is 4.90 Å². The van der Waals surface area contributed by atoms with Gasteiger partial charge in [-0.1, -0.05) is 24.3 Å². The van der Waals surface area contributed by atoms with E-state index in [0.29, 0.717) is 0 Å². The van der Waals surface area contributed by atoms with E-state index >= 15 is 0 Å². The van der Waals surface area contributed by atoms with Gasteiger partial charge in [-0.15, -0.1) is 0 Å². The lowest BCUT2D eigenvalue weighted by molar-refractivity contribution is 1.07. The molecule has 3 nitrogen and oxygen atoms in total. The minimum Gasteiger partial charge on any atom is -0.362 e. The summed E-state index contributed by atoms with van der Waals surface area (Å²) in [5.74, 6) is 1.72. The van der Waals surface area contributed by atoms with Crippen LogP contribution in [-0.4, -0.2) is 24.1 Å². The molecule has 0 saturated heterocycles. The van der Waals surface area contributed by atoms with Crippen molar-refractivity contribution >= 4 is 39.3 Å². The lowest BCUT2D eigenvalue weighted by Crippen LogP contribution is -2.12. The molecule has 1 heterocycles. The maximum atomic E-state index is 4.71. The summed E-state index contributed by atoms with van der Waals surface area (Å²) in [6.07, 6.45) is 0. The van der Waals surface area contributed by atoms with Crippen LogP contribution in [0.2, 0.25) is 0 Å². The largest absolute Gasteiger partial charge is 0.362 e. The van der Waals surface area contributed by atoms with Gasteiger partial charge in [0.1, 0.15) is 5.82 Å². The highest BCUT2D eigenvalue weighted by atomic mass is 127. The highest BCUT2D eigenvalue weighted by Crippen LogP contribution is 2.26. The van der Waals surface area contributed by atoms with Gasteiger partial charge in [0.15, 0.2) is 5.82 Å². The summed E-state index contributed by atoms with van der Waals surface area (Å²) in [7, 11) is 4.01. The second-order valence-corrected chi connectivity index (χ2v) is 6.03. The molecule has 0 bridgehead atoms. The maximum absolute atomic E-state index is 4.71. The normalized spacial score (nSPS) is 10.8. The van der Waals surface area contributed by atoms with Crippen molar-refractivity contribution in [2.24, 2.45) is 0 Å². The summed E-state index contributed by atoms with van der Waals surface area (Å²) < 4.78 is 1.21. The summed E-state index contributed by atoms with van der Waals surface area (Å²) in [6.45, 7) is 0. The number of nitrogens with zero attached hydrogens (tertiary/aromatic N) is 3. The van der Waals surface area contributed by atoms with Crippen molar-refractivity contribution in [2.75, 3.05) is 19.0 Å². The first-order chi connectivity index (χ1) is 9.65. The third-order valence-electron chi connectivity index (χ3n) is 3.11. The monoisotopic (exact) mass is 375 g/mol. The van der Waals surface area contributed by atoms with Gasteiger partial charge in [0.25, 0.3) is 0 Å². The lowest BCUT2D eigenvalue weighted by Gasteiger charge is -2.15. The van der Waals surface area contributed by atoms with Crippen LogP contribution in [0.15, 0.2) is 48.5 Å². The predicted octanol–water partition coefficient (Wildman–Crippen LogP) is 3.97. The molecule has 20 heavy (non-hydrogen) atoms. The summed E-state index contributed by atoms with van der Waals surface area (Å²) in [4.78, 5) is 11.4. The highest BCUT2D eigenvalue weighted by molar-refractivity contribution is 14.1. The van der Waals surface area contributed by atoms with E-state index in [9.17, 15) is 0 Å². The molecule has 0 aliphatic heterocycles. The molecule has 2 aromatic carbocycles. The highest BCUT2D eigenvalue weighted by Gasteiger charge is 2.10. The second-order valence-electron chi connectivity index (χ2n) is 4.79. The summed E-state index contributed by atoms with van der Waals surface area (Å²) >= 11 is 2.30. The summed E-state index contributed by atoms with van der Waals surface area (Å²) in [6, 6.07) is 16.4. The molecule has 0 fully saturated rings. The zero-order valence-corrected chi connectivity index (χ0v) is 13.5. The number of fused-ring (bicyclic) bond motifs is 1. The Kier molecular flexibility index (Phi) is 3.56. The molecule has 0 aliphatic rings. The molecule has 0 aliphatic carbocycles. The average molecular weight is 375 g/mol. The van der Waals surface area contributed by atoms with Gasteiger partial charge in [-0.05, 0) is 46.9 Å². The molecule has 0 N–H and O–H groups in total. The van der Waals surface area contributed by atoms with E-state index < -0.39 is 0 Å². The number of halogens is 1. The second kappa shape index (κ2) is 5.36. The van der Waals surface area contributed by atoms with Gasteiger partial charge in [0.05, 0.1) is 5.52 Å². The predicted molar refractivity (Wildman–Crippen MR) is 92.0 cm³/mol. The van der Waals surface area contributed by atoms with Crippen LogP contribution in [0.5, 0.6) is 0 Å². The Morgan fingerprint density at radius 3 is 2.30 bits per heavy atom. The molecular weight excluding hydrogens is 361 g/mol. The van der Waals surface area contributed by atoms with E-state index in [1.165, 1.54) is 3.57 Å². The lowest BCUT2D eigenvalue weighted by atomic mass is 10.2. The van der Waals surface area contributed by atoms with Gasteiger partial charge >= 0.3 is 0 Å². The quantitative estimate of drug-likeness (QED) is 0.635. The molecule has 0 radical (unpaired) electrons. The number of anilines is 1. The van der Waals surface area contributed by atoms with Gasteiger partial charge in [-0.25, -0.2) is 9.97 Å². The standard InChI is InChI=1S/C16H14IN3/c1-20(2)16-13-5-3-4-6-14(13)18-15(19-16)11-7-9-12(17)10-8-11/h3-10H,1-2H3. The van der Waals surface area contributed by atoms with Crippen LogP contribution in [-0.2, 0) is 0 Å². The molecule has 4 heteroatoms. The third-order valence-corrected chi connectivity index (χ3v) is 3.83. The molecule has 0 spiro atoms. The van der Waals surface area contributed by atoms with Crippen LogP contribution in [0, 0.1) is 3.57 Å². The number of rotatable bonds is 2. The first-order valence-electron chi connectivity index (χ1n) is 6.35. The first kappa shape index (κ1) is 13.3. The van der Waals surface area contributed by atoms with Crippen LogP contribution in [0.1, 0.15) is 0 Å². The van der Waals surface area contributed by atoms with Gasteiger partial charge in [-0.2, -0.15) is 0 Å². The fourth-order valence-corrected chi connectivity index (χ4v) is 2.49. The topological polar surface area (TPSA) is 29.0 Å². The molecule has 0 atom stereocenters. The molecule has 0 amide bonds. The first-order valence-corrected chi connectivity index (χ1v) is 7.43. The van der Waals surface area contributed by atoms with Crippen LogP contribution in [0.3, 0.4) is 0 Å². The van der Waals surface area contributed by atoms with Crippen molar-refractivity contribution < 1.29 is 0 Å². The third kappa shape index (κ3) is 2.47. The molecule has 100 valence electrons.